The second-order valence-corrected chi connectivity index (χ2v) is 4.96. The summed E-state index contributed by atoms with van der Waals surface area (Å²) >= 11 is 0. The van der Waals surface area contributed by atoms with E-state index in [9.17, 15) is 13.2 Å². The molecule has 0 radical (unpaired) electrons. The third-order valence-corrected chi connectivity index (χ3v) is 2.47. The van der Waals surface area contributed by atoms with Crippen molar-refractivity contribution in [3.8, 4) is 0 Å². The SMILES string of the molecule is CCCOC(CCC(OC)OOC(C)C)(OCC)OC(F)(F)F. The lowest BCUT2D eigenvalue weighted by molar-refractivity contribution is -0.489. The van der Waals surface area contributed by atoms with Crippen molar-refractivity contribution in [1.29, 1.82) is 0 Å². The summed E-state index contributed by atoms with van der Waals surface area (Å²) in [5.74, 6) is -2.24. The van der Waals surface area contributed by atoms with Crippen LogP contribution in [0.25, 0.3) is 0 Å². The summed E-state index contributed by atoms with van der Waals surface area (Å²) in [4.78, 5) is 9.92. The molecule has 0 aliphatic rings. The summed E-state index contributed by atoms with van der Waals surface area (Å²) in [6.07, 6.45) is -5.72. The van der Waals surface area contributed by atoms with Crippen LogP contribution in [0.4, 0.5) is 13.2 Å². The quantitative estimate of drug-likeness (QED) is 0.287. The van der Waals surface area contributed by atoms with Gasteiger partial charge in [0.25, 0.3) is 5.97 Å². The molecule has 0 rings (SSSR count). The molecular weight excluding hydrogens is 321 g/mol. The molecule has 140 valence electrons. The summed E-state index contributed by atoms with van der Waals surface area (Å²) in [5.41, 5.74) is 0. The smallest absolute Gasteiger partial charge is 0.353 e. The summed E-state index contributed by atoms with van der Waals surface area (Å²) < 4.78 is 57.5. The van der Waals surface area contributed by atoms with E-state index in [0.717, 1.165) is 0 Å². The van der Waals surface area contributed by atoms with Crippen molar-refractivity contribution in [1.82, 2.24) is 0 Å². The molecule has 2 atom stereocenters. The maximum absolute atomic E-state index is 12.7. The first-order chi connectivity index (χ1) is 10.7. The minimum atomic E-state index is -4.90. The van der Waals surface area contributed by atoms with Gasteiger partial charge in [0.15, 0.2) is 6.29 Å². The molecule has 23 heavy (non-hydrogen) atoms. The number of halogens is 3. The van der Waals surface area contributed by atoms with Crippen LogP contribution >= 0.6 is 0 Å². The summed E-state index contributed by atoms with van der Waals surface area (Å²) in [5, 5.41) is 0. The highest BCUT2D eigenvalue weighted by Crippen LogP contribution is 2.32. The Morgan fingerprint density at radius 3 is 2.09 bits per heavy atom. The monoisotopic (exact) mass is 348 g/mol. The summed E-state index contributed by atoms with van der Waals surface area (Å²) in [6.45, 7) is 6.85. The van der Waals surface area contributed by atoms with Crippen LogP contribution in [-0.2, 0) is 28.7 Å². The third kappa shape index (κ3) is 10.9. The van der Waals surface area contributed by atoms with Crippen LogP contribution in [0.3, 0.4) is 0 Å². The van der Waals surface area contributed by atoms with Gasteiger partial charge in [-0.25, -0.2) is 14.5 Å². The molecule has 0 N–H and O–H groups in total. The van der Waals surface area contributed by atoms with Gasteiger partial charge < -0.3 is 14.2 Å². The van der Waals surface area contributed by atoms with Crippen molar-refractivity contribution in [3.63, 3.8) is 0 Å². The van der Waals surface area contributed by atoms with E-state index < -0.39 is 18.6 Å². The Kier molecular flexibility index (Phi) is 10.9. The Labute approximate surface area is 135 Å². The van der Waals surface area contributed by atoms with Crippen LogP contribution in [0.5, 0.6) is 0 Å². The van der Waals surface area contributed by atoms with Gasteiger partial charge in [-0.2, -0.15) is 0 Å². The third-order valence-electron chi connectivity index (χ3n) is 2.47. The molecule has 9 heteroatoms. The van der Waals surface area contributed by atoms with E-state index in [1.807, 2.05) is 0 Å². The van der Waals surface area contributed by atoms with E-state index >= 15 is 0 Å². The van der Waals surface area contributed by atoms with E-state index in [2.05, 4.69) is 4.74 Å². The van der Waals surface area contributed by atoms with Gasteiger partial charge in [-0.05, 0) is 27.2 Å². The van der Waals surface area contributed by atoms with Gasteiger partial charge in [-0.3, -0.25) is 0 Å². The van der Waals surface area contributed by atoms with Crippen LogP contribution in [-0.4, -0.2) is 45.1 Å². The Morgan fingerprint density at radius 2 is 1.65 bits per heavy atom. The first kappa shape index (κ1) is 22.6. The highest BCUT2D eigenvalue weighted by molar-refractivity contribution is 4.62. The zero-order valence-electron chi connectivity index (χ0n) is 14.3. The van der Waals surface area contributed by atoms with Crippen molar-refractivity contribution in [3.05, 3.63) is 0 Å². The topological polar surface area (TPSA) is 55.4 Å². The van der Waals surface area contributed by atoms with E-state index in [1.165, 1.54) is 7.11 Å². The van der Waals surface area contributed by atoms with Gasteiger partial charge >= 0.3 is 6.36 Å². The van der Waals surface area contributed by atoms with E-state index in [-0.39, 0.29) is 32.2 Å². The molecule has 0 spiro atoms. The normalized spacial score (nSPS) is 16.6. The molecule has 0 amide bonds. The predicted octanol–water partition coefficient (Wildman–Crippen LogP) is 3.75. The number of alkyl halides is 3. The highest BCUT2D eigenvalue weighted by Gasteiger charge is 2.46. The zero-order valence-corrected chi connectivity index (χ0v) is 14.3. The average molecular weight is 348 g/mol. The molecule has 0 aromatic heterocycles. The van der Waals surface area contributed by atoms with Gasteiger partial charge in [0.2, 0.25) is 0 Å². The molecule has 0 fully saturated rings. The maximum atomic E-state index is 12.7. The van der Waals surface area contributed by atoms with Gasteiger partial charge in [-0.1, -0.05) is 6.92 Å². The van der Waals surface area contributed by atoms with E-state index in [4.69, 9.17) is 24.0 Å². The standard InChI is InChI=1S/C14H27F3O6/c1-6-10-20-13(19-7-2,23-14(15,16)17)9-8-12(18-5)22-21-11(3)4/h11-12H,6-10H2,1-5H3. The van der Waals surface area contributed by atoms with Crippen molar-refractivity contribution >= 4 is 0 Å². The lowest BCUT2D eigenvalue weighted by Gasteiger charge is -2.34. The first-order valence-electron chi connectivity index (χ1n) is 7.57. The fraction of sp³-hybridized carbons (Fsp3) is 1.00. The largest absolute Gasteiger partial charge is 0.526 e. The molecular formula is C14H27F3O6. The van der Waals surface area contributed by atoms with Crippen LogP contribution in [0.15, 0.2) is 0 Å². The Hall–Kier alpha value is -0.450. The molecule has 0 bridgehead atoms. The minimum Gasteiger partial charge on any atom is -0.353 e. The second-order valence-electron chi connectivity index (χ2n) is 4.96. The Morgan fingerprint density at radius 1 is 1.00 bits per heavy atom. The van der Waals surface area contributed by atoms with Crippen LogP contribution in [0, 0.1) is 0 Å². The fourth-order valence-corrected chi connectivity index (χ4v) is 1.62. The lowest BCUT2D eigenvalue weighted by atomic mass is 10.2. The Bertz CT molecular complexity index is 301. The van der Waals surface area contributed by atoms with Gasteiger partial charge in [0, 0.05) is 26.6 Å². The van der Waals surface area contributed by atoms with E-state index in [0.29, 0.717) is 6.42 Å². The minimum absolute atomic E-state index is 0.0131. The molecule has 0 aliphatic carbocycles. The molecule has 0 saturated heterocycles. The van der Waals surface area contributed by atoms with Crippen LogP contribution in [0.1, 0.15) is 47.0 Å². The molecule has 0 saturated carbocycles. The highest BCUT2D eigenvalue weighted by atomic mass is 19.4. The molecule has 6 nitrogen and oxygen atoms in total. The molecule has 0 aromatic rings. The van der Waals surface area contributed by atoms with Gasteiger partial charge in [-0.15, -0.1) is 13.2 Å². The van der Waals surface area contributed by atoms with Crippen molar-refractivity contribution in [2.75, 3.05) is 20.3 Å². The second kappa shape index (κ2) is 11.2. The molecule has 0 heterocycles. The first-order valence-corrected chi connectivity index (χ1v) is 7.57. The number of hydrogen-bond donors (Lipinski definition) is 0. The van der Waals surface area contributed by atoms with Crippen LogP contribution < -0.4 is 0 Å². The van der Waals surface area contributed by atoms with E-state index in [1.54, 1.807) is 27.7 Å². The maximum Gasteiger partial charge on any atom is 0.526 e. The number of hydrogen-bond acceptors (Lipinski definition) is 6. The van der Waals surface area contributed by atoms with Gasteiger partial charge in [0.1, 0.15) is 0 Å². The van der Waals surface area contributed by atoms with Crippen LogP contribution in [0.2, 0.25) is 0 Å². The zero-order chi connectivity index (χ0) is 17.9. The molecule has 0 aromatic carbocycles. The number of methoxy groups -OCH3 is 1. The number of ether oxygens (including phenoxy) is 4. The van der Waals surface area contributed by atoms with Crippen molar-refractivity contribution < 1.29 is 41.9 Å². The number of rotatable bonds is 13. The Balaban J connectivity index is 4.87. The summed E-state index contributed by atoms with van der Waals surface area (Å²) in [7, 11) is 1.36. The summed E-state index contributed by atoms with van der Waals surface area (Å²) in [6, 6.07) is 0. The van der Waals surface area contributed by atoms with Crippen molar-refractivity contribution in [2.45, 2.75) is 71.7 Å². The fourth-order valence-electron chi connectivity index (χ4n) is 1.62. The predicted molar refractivity (Wildman–Crippen MR) is 75.1 cm³/mol. The molecule has 2 unspecified atom stereocenters. The van der Waals surface area contributed by atoms with Crippen molar-refractivity contribution in [2.24, 2.45) is 0 Å². The lowest BCUT2D eigenvalue weighted by Crippen LogP contribution is -2.44. The molecule has 0 aliphatic heterocycles. The average Bonchev–Trinajstić information content (AvgIpc) is 2.43. The van der Waals surface area contributed by atoms with Gasteiger partial charge in [0.05, 0.1) is 12.7 Å².